The summed E-state index contributed by atoms with van der Waals surface area (Å²) in [7, 11) is 1.57. The van der Waals surface area contributed by atoms with Gasteiger partial charge >= 0.3 is 0 Å². The number of unbranched alkanes of at least 4 members (excludes halogenated alkanes) is 1. The molecule has 0 aliphatic heterocycles. The van der Waals surface area contributed by atoms with E-state index in [4.69, 9.17) is 10.5 Å². The molecule has 6 heteroatoms. The van der Waals surface area contributed by atoms with Gasteiger partial charge in [-0.1, -0.05) is 50.1 Å². The molecule has 0 saturated heterocycles. The zero-order valence-corrected chi connectivity index (χ0v) is 16.5. The molecule has 0 radical (unpaired) electrons. The lowest BCUT2D eigenvalue weighted by Crippen LogP contribution is -2.46. The molecule has 2 atom stereocenters. The summed E-state index contributed by atoms with van der Waals surface area (Å²) in [6.45, 7) is 2.46. The van der Waals surface area contributed by atoms with Crippen LogP contribution < -0.4 is 21.1 Å². The number of rotatable bonds is 10. The first-order valence-corrected chi connectivity index (χ1v) is 9.59. The maximum absolute atomic E-state index is 12.9. The average Bonchev–Trinajstić information content (AvgIpc) is 2.75. The van der Waals surface area contributed by atoms with Crippen molar-refractivity contribution in [3.63, 3.8) is 0 Å². The minimum Gasteiger partial charge on any atom is -0.497 e. The van der Waals surface area contributed by atoms with Crippen LogP contribution >= 0.6 is 0 Å². The highest BCUT2D eigenvalue weighted by atomic mass is 16.5. The van der Waals surface area contributed by atoms with Gasteiger partial charge in [0.25, 0.3) is 5.91 Å². The number of carbonyl (C=O) groups is 2. The van der Waals surface area contributed by atoms with Gasteiger partial charge in [-0.15, -0.1) is 0 Å². The van der Waals surface area contributed by atoms with E-state index in [1.165, 1.54) is 0 Å². The zero-order valence-electron chi connectivity index (χ0n) is 16.5. The number of nitrogens with one attached hydrogen (secondary N) is 2. The zero-order chi connectivity index (χ0) is 20.4. The molecule has 4 N–H and O–H groups in total. The van der Waals surface area contributed by atoms with Crippen LogP contribution in [-0.4, -0.2) is 31.5 Å². The molecule has 6 nitrogen and oxygen atoms in total. The van der Waals surface area contributed by atoms with Gasteiger partial charge in [0.1, 0.15) is 11.8 Å². The Morgan fingerprint density at radius 1 is 1.04 bits per heavy atom. The molecular weight excluding hydrogens is 354 g/mol. The molecule has 0 aromatic heterocycles. The highest BCUT2D eigenvalue weighted by molar-refractivity contribution is 5.98. The molecule has 2 rings (SSSR count). The minimum absolute atomic E-state index is 0.114. The van der Waals surface area contributed by atoms with Crippen molar-refractivity contribution in [3.05, 3.63) is 65.7 Å². The van der Waals surface area contributed by atoms with E-state index >= 15 is 0 Å². The second-order valence-corrected chi connectivity index (χ2v) is 6.63. The molecule has 2 unspecified atom stereocenters. The average molecular weight is 383 g/mol. The lowest BCUT2D eigenvalue weighted by Gasteiger charge is -2.23. The summed E-state index contributed by atoms with van der Waals surface area (Å²) < 4.78 is 5.12. The highest BCUT2D eigenvalue weighted by Gasteiger charge is 2.25. The van der Waals surface area contributed by atoms with Gasteiger partial charge in [-0.05, 0) is 36.2 Å². The second-order valence-electron chi connectivity index (χ2n) is 6.63. The molecule has 0 aliphatic rings. The normalized spacial score (nSPS) is 12.7. The first-order valence-electron chi connectivity index (χ1n) is 9.59. The van der Waals surface area contributed by atoms with E-state index < -0.39 is 6.04 Å². The van der Waals surface area contributed by atoms with Crippen molar-refractivity contribution in [3.8, 4) is 5.75 Å². The lowest BCUT2D eigenvalue weighted by atomic mass is 10.0. The summed E-state index contributed by atoms with van der Waals surface area (Å²) in [4.78, 5) is 25.6. The standard InChI is InChI=1S/C22H29N3O3/c1-3-4-10-18(15-23)24-22(27)20(16-8-6-5-7-9-16)25-21(26)17-11-13-19(28-2)14-12-17/h5-9,11-14,18,20H,3-4,10,15,23H2,1-2H3,(H,24,27)(H,25,26). The van der Waals surface area contributed by atoms with Crippen molar-refractivity contribution in [2.45, 2.75) is 38.3 Å². The number of nitrogens with two attached hydrogens (primary N) is 1. The smallest absolute Gasteiger partial charge is 0.252 e. The van der Waals surface area contributed by atoms with Crippen molar-refractivity contribution >= 4 is 11.8 Å². The number of carbonyl (C=O) groups excluding carboxylic acids is 2. The highest BCUT2D eigenvalue weighted by Crippen LogP contribution is 2.16. The maximum Gasteiger partial charge on any atom is 0.252 e. The van der Waals surface area contributed by atoms with Crippen molar-refractivity contribution in [2.24, 2.45) is 5.73 Å². The number of hydrogen-bond acceptors (Lipinski definition) is 4. The Morgan fingerprint density at radius 3 is 2.29 bits per heavy atom. The second kappa shape index (κ2) is 11.1. The number of benzene rings is 2. The summed E-state index contributed by atoms with van der Waals surface area (Å²) in [6, 6.07) is 15.0. The predicted octanol–water partition coefficient (Wildman–Crippen LogP) is 2.80. The van der Waals surface area contributed by atoms with E-state index in [0.29, 0.717) is 23.4 Å². The third-order valence-corrected chi connectivity index (χ3v) is 4.56. The monoisotopic (exact) mass is 383 g/mol. The molecule has 150 valence electrons. The Hall–Kier alpha value is -2.86. The van der Waals surface area contributed by atoms with Gasteiger partial charge in [0.15, 0.2) is 0 Å². The topological polar surface area (TPSA) is 93.5 Å². The van der Waals surface area contributed by atoms with Crippen LogP contribution in [-0.2, 0) is 4.79 Å². The Kier molecular flexibility index (Phi) is 8.49. The number of ether oxygens (including phenoxy) is 1. The molecule has 0 heterocycles. The van der Waals surface area contributed by atoms with Crippen LogP contribution in [0.5, 0.6) is 5.75 Å². The van der Waals surface area contributed by atoms with Gasteiger partial charge in [0.05, 0.1) is 7.11 Å². The van der Waals surface area contributed by atoms with E-state index in [2.05, 4.69) is 17.6 Å². The Morgan fingerprint density at radius 2 is 1.71 bits per heavy atom. The summed E-state index contributed by atoms with van der Waals surface area (Å²) in [6.07, 6.45) is 2.83. The molecule has 2 aromatic rings. The van der Waals surface area contributed by atoms with E-state index in [1.54, 1.807) is 31.4 Å². The largest absolute Gasteiger partial charge is 0.497 e. The van der Waals surface area contributed by atoms with Gasteiger partial charge in [-0.2, -0.15) is 0 Å². The van der Waals surface area contributed by atoms with Gasteiger partial charge < -0.3 is 21.1 Å². The van der Waals surface area contributed by atoms with Crippen molar-refractivity contribution in [1.82, 2.24) is 10.6 Å². The fourth-order valence-corrected chi connectivity index (χ4v) is 2.89. The fourth-order valence-electron chi connectivity index (χ4n) is 2.89. The molecule has 28 heavy (non-hydrogen) atoms. The van der Waals surface area contributed by atoms with Crippen LogP contribution in [0.1, 0.15) is 48.1 Å². The SMILES string of the molecule is CCCCC(CN)NC(=O)C(NC(=O)c1ccc(OC)cc1)c1ccccc1. The van der Waals surface area contributed by atoms with Crippen molar-refractivity contribution in [1.29, 1.82) is 0 Å². The molecule has 2 aromatic carbocycles. The van der Waals surface area contributed by atoms with Crippen LogP contribution in [0, 0.1) is 0 Å². The number of methoxy groups -OCH3 is 1. The Labute approximate surface area is 166 Å². The van der Waals surface area contributed by atoms with Crippen LogP contribution in [0.25, 0.3) is 0 Å². The van der Waals surface area contributed by atoms with Crippen molar-refractivity contribution < 1.29 is 14.3 Å². The van der Waals surface area contributed by atoms with E-state index in [-0.39, 0.29) is 17.9 Å². The van der Waals surface area contributed by atoms with E-state index in [9.17, 15) is 9.59 Å². The first kappa shape index (κ1) is 21.4. The van der Waals surface area contributed by atoms with Crippen LogP contribution in [0.2, 0.25) is 0 Å². The summed E-state index contributed by atoms with van der Waals surface area (Å²) in [5, 5.41) is 5.82. The summed E-state index contributed by atoms with van der Waals surface area (Å²) in [5.74, 6) is 0.0692. The van der Waals surface area contributed by atoms with Crippen LogP contribution in [0.3, 0.4) is 0 Å². The minimum atomic E-state index is -0.800. The Balaban J connectivity index is 2.17. The van der Waals surface area contributed by atoms with Gasteiger partial charge in [0.2, 0.25) is 5.91 Å². The van der Waals surface area contributed by atoms with E-state index in [0.717, 1.165) is 19.3 Å². The quantitative estimate of drug-likeness (QED) is 0.588. The third-order valence-electron chi connectivity index (χ3n) is 4.56. The maximum atomic E-state index is 12.9. The Bertz CT molecular complexity index is 747. The summed E-state index contributed by atoms with van der Waals surface area (Å²) >= 11 is 0. The molecule has 0 fully saturated rings. The third kappa shape index (κ3) is 6.09. The molecule has 0 aliphatic carbocycles. The van der Waals surface area contributed by atoms with Gasteiger partial charge in [-0.3, -0.25) is 9.59 Å². The molecular formula is C22H29N3O3. The number of amides is 2. The molecule has 0 spiro atoms. The molecule has 2 amide bonds. The molecule has 0 bridgehead atoms. The number of hydrogen-bond donors (Lipinski definition) is 3. The fraction of sp³-hybridized carbons (Fsp3) is 0.364. The summed E-state index contributed by atoms with van der Waals surface area (Å²) in [5.41, 5.74) is 6.98. The molecule has 0 saturated carbocycles. The van der Waals surface area contributed by atoms with Crippen LogP contribution in [0.4, 0.5) is 0 Å². The lowest BCUT2D eigenvalue weighted by molar-refractivity contribution is -0.123. The predicted molar refractivity (Wildman–Crippen MR) is 110 cm³/mol. The van der Waals surface area contributed by atoms with Gasteiger partial charge in [-0.25, -0.2) is 0 Å². The van der Waals surface area contributed by atoms with E-state index in [1.807, 2.05) is 30.3 Å². The van der Waals surface area contributed by atoms with Crippen LogP contribution in [0.15, 0.2) is 54.6 Å². The van der Waals surface area contributed by atoms with Gasteiger partial charge in [0, 0.05) is 18.2 Å². The first-order chi connectivity index (χ1) is 13.6. The van der Waals surface area contributed by atoms with Crippen molar-refractivity contribution in [2.75, 3.05) is 13.7 Å².